The molecule has 1 saturated heterocycles. The Bertz CT molecular complexity index is 1160. The first kappa shape index (κ1) is 20.0. The maximum atomic E-state index is 13.1. The van der Waals surface area contributed by atoms with E-state index in [2.05, 4.69) is 17.3 Å². The molecule has 0 unspecified atom stereocenters. The van der Waals surface area contributed by atoms with Gasteiger partial charge in [0.25, 0.3) is 11.8 Å². The third kappa shape index (κ3) is 3.18. The highest BCUT2D eigenvalue weighted by Crippen LogP contribution is 2.65. The molecule has 7 heteroatoms. The van der Waals surface area contributed by atoms with E-state index in [1.165, 1.54) is 6.21 Å². The van der Waals surface area contributed by atoms with Gasteiger partial charge in [-0.05, 0) is 66.0 Å². The number of rotatable bonds is 5. The number of benzene rings is 2. The highest BCUT2D eigenvalue weighted by molar-refractivity contribution is 6.31. The molecule has 2 amide bonds. The van der Waals surface area contributed by atoms with Gasteiger partial charge in [-0.15, -0.1) is 0 Å². The van der Waals surface area contributed by atoms with E-state index in [-0.39, 0.29) is 35.5 Å². The number of hydrazone groups is 1. The molecule has 4 aliphatic carbocycles. The van der Waals surface area contributed by atoms with Crippen LogP contribution in [0.25, 0.3) is 0 Å². The molecule has 2 saturated carbocycles. The Morgan fingerprint density at radius 1 is 0.969 bits per heavy atom. The summed E-state index contributed by atoms with van der Waals surface area (Å²) in [6.45, 7) is 0.312. The molecule has 0 radical (unpaired) electrons. The summed E-state index contributed by atoms with van der Waals surface area (Å²) in [5.41, 5.74) is 1.52. The SMILES string of the molecule is O=C1[C@@H]2[C@@H]3C=C[C@H]([C@H]4C[C@@H]34)[C@@H]2C(=O)N1/N=C\c1cc(Cl)ccc1OCc1cccc(Cl)c1. The number of carbonyl (C=O) groups is 2. The normalized spacial score (nSPS) is 31.9. The zero-order valence-corrected chi connectivity index (χ0v) is 18.5. The first-order valence-electron chi connectivity index (χ1n) is 10.8. The topological polar surface area (TPSA) is 59.0 Å². The third-order valence-corrected chi connectivity index (χ3v) is 7.68. The molecule has 7 rings (SSSR count). The van der Waals surface area contributed by atoms with Crippen LogP contribution in [0.1, 0.15) is 17.5 Å². The fourth-order valence-electron chi connectivity index (χ4n) is 5.71. The number of hydrogen-bond donors (Lipinski definition) is 0. The van der Waals surface area contributed by atoms with E-state index in [0.717, 1.165) is 17.0 Å². The van der Waals surface area contributed by atoms with Crippen LogP contribution >= 0.6 is 23.2 Å². The summed E-state index contributed by atoms with van der Waals surface area (Å²) in [5.74, 6) is 1.11. The Labute approximate surface area is 195 Å². The Balaban J connectivity index is 1.23. The van der Waals surface area contributed by atoms with Crippen molar-refractivity contribution in [3.05, 3.63) is 75.8 Å². The highest BCUT2D eigenvalue weighted by atomic mass is 35.5. The van der Waals surface area contributed by atoms with Gasteiger partial charge in [-0.1, -0.05) is 47.5 Å². The average molecular weight is 467 g/mol. The van der Waals surface area contributed by atoms with Gasteiger partial charge in [-0.25, -0.2) is 0 Å². The summed E-state index contributed by atoms with van der Waals surface area (Å²) in [5, 5.41) is 6.52. The number of ether oxygens (including phenoxy) is 1. The van der Waals surface area contributed by atoms with Crippen LogP contribution < -0.4 is 4.74 Å². The van der Waals surface area contributed by atoms with Gasteiger partial charge in [0.15, 0.2) is 0 Å². The molecular formula is C25H20Cl2N2O3. The van der Waals surface area contributed by atoms with Gasteiger partial charge in [0, 0.05) is 15.6 Å². The van der Waals surface area contributed by atoms with E-state index >= 15 is 0 Å². The monoisotopic (exact) mass is 466 g/mol. The Morgan fingerprint density at radius 3 is 2.34 bits per heavy atom. The largest absolute Gasteiger partial charge is 0.488 e. The summed E-state index contributed by atoms with van der Waals surface area (Å²) in [6.07, 6.45) is 6.92. The minimum absolute atomic E-state index is 0.175. The van der Waals surface area contributed by atoms with E-state index < -0.39 is 0 Å². The van der Waals surface area contributed by atoms with Crippen LogP contribution in [0.3, 0.4) is 0 Å². The molecule has 1 aliphatic heterocycles. The van der Waals surface area contributed by atoms with Crippen LogP contribution in [0.4, 0.5) is 0 Å². The average Bonchev–Trinajstić information content (AvgIpc) is 3.56. The predicted molar refractivity (Wildman–Crippen MR) is 121 cm³/mol. The van der Waals surface area contributed by atoms with Gasteiger partial charge in [0.2, 0.25) is 0 Å². The minimum atomic E-state index is -0.267. The number of imide groups is 1. The van der Waals surface area contributed by atoms with Crippen molar-refractivity contribution in [1.82, 2.24) is 5.01 Å². The second-order valence-corrected chi connectivity index (χ2v) is 9.86. The number of halogens is 2. The summed E-state index contributed by atoms with van der Waals surface area (Å²) in [6, 6.07) is 12.6. The van der Waals surface area contributed by atoms with Crippen LogP contribution in [0.15, 0.2) is 59.7 Å². The molecule has 5 nitrogen and oxygen atoms in total. The minimum Gasteiger partial charge on any atom is -0.488 e. The molecule has 2 aromatic rings. The molecule has 2 aromatic carbocycles. The molecule has 32 heavy (non-hydrogen) atoms. The highest BCUT2D eigenvalue weighted by Gasteiger charge is 2.67. The zero-order chi connectivity index (χ0) is 22.0. The van der Waals surface area contributed by atoms with E-state index in [1.54, 1.807) is 24.3 Å². The first-order valence-corrected chi connectivity index (χ1v) is 11.5. The van der Waals surface area contributed by atoms with Crippen molar-refractivity contribution in [1.29, 1.82) is 0 Å². The van der Waals surface area contributed by atoms with Crippen molar-refractivity contribution < 1.29 is 14.3 Å². The summed E-state index contributed by atoms with van der Waals surface area (Å²) in [7, 11) is 0. The number of allylic oxidation sites excluding steroid dienone is 2. The number of amides is 2. The first-order chi connectivity index (χ1) is 15.5. The van der Waals surface area contributed by atoms with Crippen molar-refractivity contribution >= 4 is 41.2 Å². The molecule has 0 N–H and O–H groups in total. The van der Waals surface area contributed by atoms with E-state index in [1.807, 2.05) is 18.2 Å². The van der Waals surface area contributed by atoms with Gasteiger partial charge < -0.3 is 4.74 Å². The lowest BCUT2D eigenvalue weighted by atomic mass is 9.63. The van der Waals surface area contributed by atoms with Crippen molar-refractivity contribution in [2.75, 3.05) is 0 Å². The van der Waals surface area contributed by atoms with Gasteiger partial charge in [0.05, 0.1) is 18.1 Å². The Hall–Kier alpha value is -2.63. The molecule has 2 bridgehead atoms. The van der Waals surface area contributed by atoms with E-state index in [0.29, 0.717) is 39.8 Å². The molecule has 0 spiro atoms. The second kappa shape index (κ2) is 7.46. The van der Waals surface area contributed by atoms with Crippen LogP contribution in [-0.2, 0) is 16.2 Å². The fraction of sp³-hybridized carbons (Fsp3) is 0.320. The maximum Gasteiger partial charge on any atom is 0.254 e. The van der Waals surface area contributed by atoms with E-state index in [4.69, 9.17) is 27.9 Å². The van der Waals surface area contributed by atoms with Crippen LogP contribution in [-0.4, -0.2) is 23.0 Å². The predicted octanol–water partition coefficient (Wildman–Crippen LogP) is 4.96. The second-order valence-electron chi connectivity index (χ2n) is 8.99. The zero-order valence-electron chi connectivity index (χ0n) is 17.0. The molecule has 162 valence electrons. The quantitative estimate of drug-likeness (QED) is 0.355. The standard InChI is InChI=1S/C25H20Cl2N2O3/c26-15-3-1-2-13(8-15)12-32-21-7-4-16(27)9-14(21)11-28-29-24(30)22-17-5-6-18(20-10-19(17)20)23(22)25(29)31/h1-9,11,17-20,22-23H,10,12H2/b28-11-/t17-,18-,19-,20+,22+,23-/m1/s1. The van der Waals surface area contributed by atoms with Gasteiger partial charge in [-0.2, -0.15) is 10.1 Å². The third-order valence-electron chi connectivity index (χ3n) is 7.21. The molecule has 6 atom stereocenters. The molecular weight excluding hydrogens is 447 g/mol. The summed E-state index contributed by atoms with van der Waals surface area (Å²) in [4.78, 5) is 26.2. The maximum absolute atomic E-state index is 13.1. The number of nitrogens with zero attached hydrogens (tertiary/aromatic N) is 2. The van der Waals surface area contributed by atoms with Gasteiger partial charge in [-0.3, -0.25) is 9.59 Å². The summed E-state index contributed by atoms with van der Waals surface area (Å²) < 4.78 is 5.95. The molecule has 5 aliphatic rings. The van der Waals surface area contributed by atoms with E-state index in [9.17, 15) is 9.59 Å². The lowest BCUT2D eigenvalue weighted by Crippen LogP contribution is -2.40. The van der Waals surface area contributed by atoms with Crippen molar-refractivity contribution in [2.24, 2.45) is 40.6 Å². The van der Waals surface area contributed by atoms with Gasteiger partial charge in [0.1, 0.15) is 12.4 Å². The lowest BCUT2D eigenvalue weighted by molar-refractivity contribution is -0.140. The Morgan fingerprint density at radius 2 is 1.66 bits per heavy atom. The fourth-order valence-corrected chi connectivity index (χ4v) is 6.11. The van der Waals surface area contributed by atoms with Crippen LogP contribution in [0.5, 0.6) is 5.75 Å². The van der Waals surface area contributed by atoms with Crippen molar-refractivity contribution in [2.45, 2.75) is 13.0 Å². The molecule has 3 fully saturated rings. The van der Waals surface area contributed by atoms with Crippen LogP contribution in [0, 0.1) is 35.5 Å². The van der Waals surface area contributed by atoms with Gasteiger partial charge >= 0.3 is 0 Å². The Kier molecular flexibility index (Phi) is 4.67. The smallest absolute Gasteiger partial charge is 0.254 e. The van der Waals surface area contributed by atoms with Crippen molar-refractivity contribution in [3.8, 4) is 5.75 Å². The molecule has 1 heterocycles. The molecule has 0 aromatic heterocycles. The van der Waals surface area contributed by atoms with Crippen LogP contribution in [0.2, 0.25) is 10.0 Å². The van der Waals surface area contributed by atoms with Crippen molar-refractivity contribution in [3.63, 3.8) is 0 Å². The number of hydrogen-bond acceptors (Lipinski definition) is 4. The summed E-state index contributed by atoms with van der Waals surface area (Å²) >= 11 is 12.2. The lowest BCUT2D eigenvalue weighted by Gasteiger charge is -2.37. The number of carbonyl (C=O) groups excluding carboxylic acids is 2.